The third kappa shape index (κ3) is 6.95. The molecule has 0 spiro atoms. The summed E-state index contributed by atoms with van der Waals surface area (Å²) in [5, 5.41) is 21.3. The topological polar surface area (TPSA) is 139 Å². The molecule has 10 nitrogen and oxygen atoms in total. The fraction of sp³-hybridized carbons (Fsp3) is 0.833. The molecule has 0 fully saturated rings. The smallest absolute Gasteiger partial charge is 0.381 e. The monoisotopic (exact) mass is 320 g/mol. The van der Waals surface area contributed by atoms with Gasteiger partial charge in [0.15, 0.2) is 0 Å². The molecule has 0 aromatic rings. The lowest BCUT2D eigenvalue weighted by atomic mass is 10.0. The average Bonchev–Trinajstić information content (AvgIpc) is 2.47. The van der Waals surface area contributed by atoms with E-state index in [1.54, 1.807) is 0 Å². The highest BCUT2D eigenvalue weighted by atomic mass is 16.6. The lowest BCUT2D eigenvalue weighted by molar-refractivity contribution is -0.511. The van der Waals surface area contributed by atoms with Gasteiger partial charge in [0.05, 0.1) is 14.2 Å². The van der Waals surface area contributed by atoms with E-state index in [2.05, 4.69) is 9.47 Å². The first-order chi connectivity index (χ1) is 10.3. The molecule has 0 aromatic heterocycles. The van der Waals surface area contributed by atoms with Gasteiger partial charge in [-0.2, -0.15) is 0 Å². The molecule has 2 unspecified atom stereocenters. The Morgan fingerprint density at radius 2 is 1.14 bits per heavy atom. The summed E-state index contributed by atoms with van der Waals surface area (Å²) in [4.78, 5) is 42.3. The predicted octanol–water partition coefficient (Wildman–Crippen LogP) is 0.964. The van der Waals surface area contributed by atoms with Crippen LogP contribution in [-0.2, 0) is 19.1 Å². The standard InChI is InChI=1S/C12H20N2O8/c1-21-11(15)9(13(17)18)7-5-3-4-6-8-10(14(19)20)12(16)22-2/h9-10H,3-8H2,1-2H3. The lowest BCUT2D eigenvalue weighted by Gasteiger charge is -2.08. The van der Waals surface area contributed by atoms with Crippen LogP contribution in [0.5, 0.6) is 0 Å². The predicted molar refractivity (Wildman–Crippen MR) is 73.3 cm³/mol. The van der Waals surface area contributed by atoms with Crippen molar-refractivity contribution in [1.82, 2.24) is 0 Å². The molecule has 0 aliphatic heterocycles. The third-order valence-corrected chi connectivity index (χ3v) is 3.16. The highest BCUT2D eigenvalue weighted by Gasteiger charge is 2.31. The number of methoxy groups -OCH3 is 2. The number of unbranched alkanes of at least 4 members (excludes halogenated alkanes) is 3. The molecular formula is C12H20N2O8. The molecule has 22 heavy (non-hydrogen) atoms. The van der Waals surface area contributed by atoms with Crippen molar-refractivity contribution in [2.45, 2.75) is 50.6 Å². The van der Waals surface area contributed by atoms with Crippen molar-refractivity contribution in [3.63, 3.8) is 0 Å². The number of ether oxygens (including phenoxy) is 2. The van der Waals surface area contributed by atoms with Crippen molar-refractivity contribution in [3.8, 4) is 0 Å². The van der Waals surface area contributed by atoms with Crippen molar-refractivity contribution in [1.29, 1.82) is 0 Å². The van der Waals surface area contributed by atoms with Crippen LogP contribution in [-0.4, -0.2) is 48.1 Å². The Morgan fingerprint density at radius 3 is 1.36 bits per heavy atom. The molecule has 0 N–H and O–H groups in total. The van der Waals surface area contributed by atoms with Gasteiger partial charge in [0.1, 0.15) is 0 Å². The Hall–Kier alpha value is -2.26. The Bertz CT molecular complexity index is 374. The summed E-state index contributed by atoms with van der Waals surface area (Å²) in [5.74, 6) is -1.77. The molecule has 2 atom stereocenters. The summed E-state index contributed by atoms with van der Waals surface area (Å²) in [6.45, 7) is 0. The van der Waals surface area contributed by atoms with Crippen LogP contribution in [0.25, 0.3) is 0 Å². The van der Waals surface area contributed by atoms with Crippen molar-refractivity contribution in [3.05, 3.63) is 20.2 Å². The second-order valence-electron chi connectivity index (χ2n) is 4.64. The highest BCUT2D eigenvalue weighted by Crippen LogP contribution is 2.12. The van der Waals surface area contributed by atoms with E-state index in [-0.39, 0.29) is 12.8 Å². The molecular weight excluding hydrogens is 300 g/mol. The van der Waals surface area contributed by atoms with E-state index < -0.39 is 33.9 Å². The minimum absolute atomic E-state index is 0.0509. The van der Waals surface area contributed by atoms with Crippen LogP contribution < -0.4 is 0 Å². The van der Waals surface area contributed by atoms with Crippen molar-refractivity contribution in [2.24, 2.45) is 0 Å². The normalized spacial score (nSPS) is 13.0. The largest absolute Gasteiger partial charge is 0.464 e. The molecule has 0 saturated heterocycles. The van der Waals surface area contributed by atoms with Gasteiger partial charge in [0.25, 0.3) is 0 Å². The first kappa shape index (κ1) is 19.7. The van der Waals surface area contributed by atoms with E-state index in [1.807, 2.05) is 0 Å². The van der Waals surface area contributed by atoms with E-state index in [9.17, 15) is 29.8 Å². The molecule has 0 bridgehead atoms. The number of rotatable bonds is 11. The van der Waals surface area contributed by atoms with Crippen LogP contribution >= 0.6 is 0 Å². The number of nitrogens with zero attached hydrogens (tertiary/aromatic N) is 2. The second kappa shape index (κ2) is 10.5. The summed E-state index contributed by atoms with van der Waals surface area (Å²) >= 11 is 0. The maximum atomic E-state index is 11.2. The highest BCUT2D eigenvalue weighted by molar-refractivity contribution is 5.74. The first-order valence-electron chi connectivity index (χ1n) is 6.77. The van der Waals surface area contributed by atoms with Crippen LogP contribution in [0.2, 0.25) is 0 Å². The van der Waals surface area contributed by atoms with Crippen LogP contribution in [0.4, 0.5) is 0 Å². The van der Waals surface area contributed by atoms with Gasteiger partial charge in [0.2, 0.25) is 0 Å². The first-order valence-corrected chi connectivity index (χ1v) is 6.77. The number of carbonyl (C=O) groups is 2. The van der Waals surface area contributed by atoms with Gasteiger partial charge in [-0.15, -0.1) is 0 Å². The summed E-state index contributed by atoms with van der Waals surface area (Å²) in [5.41, 5.74) is 0. The molecule has 126 valence electrons. The zero-order valence-electron chi connectivity index (χ0n) is 12.6. The van der Waals surface area contributed by atoms with Crippen LogP contribution in [0.1, 0.15) is 38.5 Å². The fourth-order valence-corrected chi connectivity index (χ4v) is 1.92. The fourth-order valence-electron chi connectivity index (χ4n) is 1.92. The van der Waals surface area contributed by atoms with E-state index in [4.69, 9.17) is 0 Å². The van der Waals surface area contributed by atoms with E-state index in [0.717, 1.165) is 14.2 Å². The second-order valence-corrected chi connectivity index (χ2v) is 4.64. The van der Waals surface area contributed by atoms with Gasteiger partial charge in [0, 0.05) is 22.7 Å². The minimum Gasteiger partial charge on any atom is -0.464 e. The van der Waals surface area contributed by atoms with Gasteiger partial charge in [-0.25, -0.2) is 9.59 Å². The van der Waals surface area contributed by atoms with Gasteiger partial charge in [-0.3, -0.25) is 20.2 Å². The van der Waals surface area contributed by atoms with Gasteiger partial charge < -0.3 is 9.47 Å². The lowest BCUT2D eigenvalue weighted by Crippen LogP contribution is -2.30. The third-order valence-electron chi connectivity index (χ3n) is 3.16. The van der Waals surface area contributed by atoms with Crippen molar-refractivity contribution in [2.75, 3.05) is 14.2 Å². The summed E-state index contributed by atoms with van der Waals surface area (Å²) in [7, 11) is 2.17. The number of hydrogen-bond donors (Lipinski definition) is 0. The Morgan fingerprint density at radius 1 is 0.818 bits per heavy atom. The maximum Gasteiger partial charge on any atom is 0.381 e. The molecule has 0 rings (SSSR count). The molecule has 0 saturated carbocycles. The van der Waals surface area contributed by atoms with Gasteiger partial charge in [-0.05, 0) is 12.8 Å². The molecule has 0 aliphatic carbocycles. The SMILES string of the molecule is COC(=O)C(CCCCCCC(C(=O)OC)[N+](=O)[O-])[N+](=O)[O-]. The van der Waals surface area contributed by atoms with Crippen LogP contribution in [0.15, 0.2) is 0 Å². The minimum atomic E-state index is -1.38. The molecule has 0 aromatic carbocycles. The maximum absolute atomic E-state index is 11.2. The van der Waals surface area contributed by atoms with E-state index >= 15 is 0 Å². The number of hydrogen-bond acceptors (Lipinski definition) is 8. The Kier molecular flexibility index (Phi) is 9.39. The van der Waals surface area contributed by atoms with Crippen LogP contribution in [0.3, 0.4) is 0 Å². The molecule has 0 heterocycles. The quantitative estimate of drug-likeness (QED) is 0.237. The van der Waals surface area contributed by atoms with Crippen molar-refractivity contribution >= 4 is 11.9 Å². The molecule has 0 amide bonds. The summed E-state index contributed by atoms with van der Waals surface area (Å²) in [6.07, 6.45) is 2.06. The summed E-state index contributed by atoms with van der Waals surface area (Å²) in [6, 6.07) is -2.77. The van der Waals surface area contributed by atoms with Gasteiger partial charge in [-0.1, -0.05) is 12.8 Å². The van der Waals surface area contributed by atoms with Crippen molar-refractivity contribution < 1.29 is 28.9 Å². The number of esters is 2. The van der Waals surface area contributed by atoms with E-state index in [0.29, 0.717) is 25.7 Å². The van der Waals surface area contributed by atoms with Gasteiger partial charge >= 0.3 is 24.0 Å². The van der Waals surface area contributed by atoms with E-state index in [1.165, 1.54) is 0 Å². The number of nitro groups is 2. The average molecular weight is 320 g/mol. The zero-order valence-corrected chi connectivity index (χ0v) is 12.6. The van der Waals surface area contributed by atoms with Crippen LogP contribution in [0, 0.1) is 20.2 Å². The molecule has 0 radical (unpaired) electrons. The molecule has 0 aliphatic rings. The molecule has 10 heteroatoms. The summed E-state index contributed by atoms with van der Waals surface area (Å²) < 4.78 is 8.68. The number of carbonyl (C=O) groups excluding carboxylic acids is 2. The zero-order chi connectivity index (χ0) is 17.1. The Labute approximate surface area is 127 Å². The Balaban J connectivity index is 4.02.